The zero-order chi connectivity index (χ0) is 9.14. The molecule has 1 aromatic heterocycles. The van der Waals surface area contributed by atoms with Crippen LogP contribution < -0.4 is 5.73 Å². The quantitative estimate of drug-likeness (QED) is 0.500. The smallest absolute Gasteiger partial charge is 0.345 e. The second-order valence-corrected chi connectivity index (χ2v) is 2.68. The molecule has 0 amide bonds. The van der Waals surface area contributed by atoms with Gasteiger partial charge in [0.15, 0.2) is 0 Å². The van der Waals surface area contributed by atoms with Crippen LogP contribution in [0.15, 0.2) is 6.20 Å². The average molecular weight is 170 g/mol. The van der Waals surface area contributed by atoms with E-state index in [-0.39, 0.29) is 11.9 Å². The van der Waals surface area contributed by atoms with Crippen LogP contribution in [-0.2, 0) is 6.42 Å². The number of nitro groups is 1. The van der Waals surface area contributed by atoms with Crippen LogP contribution in [0.1, 0.15) is 12.5 Å². The third-order valence-electron chi connectivity index (χ3n) is 1.42. The molecule has 0 bridgehead atoms. The van der Waals surface area contributed by atoms with Crippen molar-refractivity contribution < 1.29 is 4.92 Å². The molecular weight excluding hydrogens is 160 g/mol. The van der Waals surface area contributed by atoms with E-state index in [0.717, 1.165) is 0 Å². The molecule has 0 spiro atoms. The number of nitrogens with two attached hydrogens (primary N) is 1. The van der Waals surface area contributed by atoms with Gasteiger partial charge in [0.1, 0.15) is 0 Å². The van der Waals surface area contributed by atoms with E-state index in [1.54, 1.807) is 6.92 Å². The minimum atomic E-state index is -0.495. The van der Waals surface area contributed by atoms with E-state index in [9.17, 15) is 10.1 Å². The summed E-state index contributed by atoms with van der Waals surface area (Å²) in [6.07, 6.45) is 1.90. The van der Waals surface area contributed by atoms with Crippen LogP contribution in [0.2, 0.25) is 0 Å². The summed E-state index contributed by atoms with van der Waals surface area (Å²) in [5.41, 5.74) is 6.04. The van der Waals surface area contributed by atoms with Crippen LogP contribution >= 0.6 is 0 Å². The fourth-order valence-electron chi connectivity index (χ4n) is 0.959. The number of H-pyrrole nitrogens is 1. The van der Waals surface area contributed by atoms with Crippen LogP contribution in [-0.4, -0.2) is 21.2 Å². The Morgan fingerprint density at radius 2 is 2.58 bits per heavy atom. The lowest BCUT2D eigenvalue weighted by molar-refractivity contribution is -0.390. The first-order valence-electron chi connectivity index (χ1n) is 3.53. The van der Waals surface area contributed by atoms with Gasteiger partial charge in [0.05, 0.1) is 11.8 Å². The van der Waals surface area contributed by atoms with Crippen molar-refractivity contribution in [1.82, 2.24) is 10.2 Å². The minimum absolute atomic E-state index is 0.0627. The summed E-state index contributed by atoms with van der Waals surface area (Å²) >= 11 is 0. The van der Waals surface area contributed by atoms with E-state index in [0.29, 0.717) is 12.0 Å². The Bertz CT molecular complexity index is 281. The molecule has 0 aromatic carbocycles. The second-order valence-electron chi connectivity index (χ2n) is 2.68. The van der Waals surface area contributed by atoms with E-state index in [4.69, 9.17) is 5.73 Å². The number of nitrogens with zero attached hydrogens (tertiary/aromatic N) is 2. The summed E-state index contributed by atoms with van der Waals surface area (Å²) < 4.78 is 0. The molecule has 6 nitrogen and oxygen atoms in total. The van der Waals surface area contributed by atoms with Crippen LogP contribution in [0.3, 0.4) is 0 Å². The molecule has 1 heterocycles. The van der Waals surface area contributed by atoms with Gasteiger partial charge in [0, 0.05) is 6.04 Å². The molecular formula is C6H10N4O2. The van der Waals surface area contributed by atoms with Crippen molar-refractivity contribution in [3.8, 4) is 0 Å². The summed E-state index contributed by atoms with van der Waals surface area (Å²) in [5, 5.41) is 16.2. The fraction of sp³-hybridized carbons (Fsp3) is 0.500. The van der Waals surface area contributed by atoms with Gasteiger partial charge in [0.25, 0.3) is 0 Å². The molecule has 0 unspecified atom stereocenters. The zero-order valence-electron chi connectivity index (χ0n) is 6.65. The predicted molar refractivity (Wildman–Crippen MR) is 42.6 cm³/mol. The highest BCUT2D eigenvalue weighted by Crippen LogP contribution is 2.14. The highest BCUT2D eigenvalue weighted by molar-refractivity contribution is 5.29. The Hall–Kier alpha value is -1.43. The number of rotatable bonds is 3. The Labute approximate surface area is 68.9 Å². The topological polar surface area (TPSA) is 97.8 Å². The van der Waals surface area contributed by atoms with E-state index in [1.807, 2.05) is 0 Å². The van der Waals surface area contributed by atoms with Gasteiger partial charge in [-0.3, -0.25) is 0 Å². The minimum Gasteiger partial charge on any atom is -0.358 e. The maximum absolute atomic E-state index is 10.4. The molecule has 0 aliphatic carbocycles. The van der Waals surface area contributed by atoms with E-state index >= 15 is 0 Å². The Balaban J connectivity index is 2.84. The highest BCUT2D eigenvalue weighted by Gasteiger charge is 2.15. The maximum atomic E-state index is 10.4. The normalized spacial score (nSPS) is 12.8. The van der Waals surface area contributed by atoms with E-state index in [2.05, 4.69) is 10.2 Å². The van der Waals surface area contributed by atoms with Gasteiger partial charge in [-0.05, 0) is 18.3 Å². The number of nitrogens with one attached hydrogen (secondary N) is 1. The van der Waals surface area contributed by atoms with E-state index in [1.165, 1.54) is 6.20 Å². The first kappa shape index (κ1) is 8.66. The van der Waals surface area contributed by atoms with Crippen LogP contribution in [0.5, 0.6) is 0 Å². The van der Waals surface area contributed by atoms with Gasteiger partial charge in [-0.1, -0.05) is 5.10 Å². The third kappa shape index (κ3) is 1.79. The van der Waals surface area contributed by atoms with Crippen molar-refractivity contribution in [2.45, 2.75) is 19.4 Å². The fourth-order valence-corrected chi connectivity index (χ4v) is 0.959. The third-order valence-corrected chi connectivity index (χ3v) is 1.42. The molecule has 1 rings (SSSR count). The van der Waals surface area contributed by atoms with Crippen molar-refractivity contribution in [3.05, 3.63) is 21.9 Å². The van der Waals surface area contributed by atoms with Crippen molar-refractivity contribution in [3.63, 3.8) is 0 Å². The Morgan fingerprint density at radius 1 is 1.92 bits per heavy atom. The van der Waals surface area contributed by atoms with Crippen molar-refractivity contribution in [2.24, 2.45) is 5.73 Å². The zero-order valence-corrected chi connectivity index (χ0v) is 6.65. The number of hydrogen-bond acceptors (Lipinski definition) is 4. The average Bonchev–Trinajstić information content (AvgIpc) is 2.33. The molecule has 0 saturated carbocycles. The largest absolute Gasteiger partial charge is 0.358 e. The highest BCUT2D eigenvalue weighted by atomic mass is 16.6. The lowest BCUT2D eigenvalue weighted by atomic mass is 10.1. The summed E-state index contributed by atoms with van der Waals surface area (Å²) in [4.78, 5) is 9.86. The standard InChI is InChI=1S/C6H10N4O2/c1-4(7)2-5-3-8-9-6(5)10(11)12/h3-4H,2,7H2,1H3,(H,8,9)/t4-/m1/s1. The first-order valence-corrected chi connectivity index (χ1v) is 3.53. The SMILES string of the molecule is C[C@@H](N)Cc1cn[nH]c1[N+](=O)[O-]. The van der Waals surface area contributed by atoms with Gasteiger partial charge >= 0.3 is 5.82 Å². The second kappa shape index (κ2) is 3.31. The van der Waals surface area contributed by atoms with Crippen molar-refractivity contribution >= 4 is 5.82 Å². The van der Waals surface area contributed by atoms with Crippen LogP contribution in [0.4, 0.5) is 5.82 Å². The number of hydrogen-bond donors (Lipinski definition) is 2. The van der Waals surface area contributed by atoms with Crippen LogP contribution in [0, 0.1) is 10.1 Å². The van der Waals surface area contributed by atoms with Crippen LogP contribution in [0.25, 0.3) is 0 Å². The van der Waals surface area contributed by atoms with Gasteiger partial charge in [-0.15, -0.1) is 5.10 Å². The number of aromatic nitrogens is 2. The van der Waals surface area contributed by atoms with Gasteiger partial charge in [-0.25, -0.2) is 0 Å². The molecule has 0 fully saturated rings. The molecule has 0 aliphatic rings. The predicted octanol–water partition coefficient (Wildman–Crippen LogP) is 0.208. The molecule has 0 saturated heterocycles. The molecule has 66 valence electrons. The summed E-state index contributed by atoms with van der Waals surface area (Å²) in [6, 6.07) is -0.0960. The maximum Gasteiger partial charge on any atom is 0.345 e. The summed E-state index contributed by atoms with van der Waals surface area (Å²) in [6.45, 7) is 1.79. The van der Waals surface area contributed by atoms with E-state index < -0.39 is 4.92 Å². The monoisotopic (exact) mass is 170 g/mol. The number of aromatic amines is 1. The molecule has 0 aliphatic heterocycles. The molecule has 1 atom stereocenters. The van der Waals surface area contributed by atoms with Crippen molar-refractivity contribution in [2.75, 3.05) is 0 Å². The van der Waals surface area contributed by atoms with Gasteiger partial charge < -0.3 is 15.8 Å². The summed E-state index contributed by atoms with van der Waals surface area (Å²) in [5.74, 6) is -0.0627. The van der Waals surface area contributed by atoms with Crippen molar-refractivity contribution in [1.29, 1.82) is 0 Å². The molecule has 6 heteroatoms. The lowest BCUT2D eigenvalue weighted by Gasteiger charge is -2.00. The Morgan fingerprint density at radius 3 is 3.08 bits per heavy atom. The van der Waals surface area contributed by atoms with Gasteiger partial charge in [0.2, 0.25) is 0 Å². The Kier molecular flexibility index (Phi) is 2.39. The molecule has 3 N–H and O–H groups in total. The first-order chi connectivity index (χ1) is 5.61. The summed E-state index contributed by atoms with van der Waals surface area (Å²) in [7, 11) is 0. The lowest BCUT2D eigenvalue weighted by Crippen LogP contribution is -2.18. The molecule has 12 heavy (non-hydrogen) atoms. The molecule has 1 aromatic rings. The molecule has 0 radical (unpaired) electrons. The van der Waals surface area contributed by atoms with Gasteiger partial charge in [-0.2, -0.15) is 0 Å².